The highest BCUT2D eigenvalue weighted by atomic mass is 16.5. The van der Waals surface area contributed by atoms with Crippen LogP contribution in [-0.2, 0) is 0 Å². The fourth-order valence-electron chi connectivity index (χ4n) is 1.07. The standard InChI is InChI=1S/C10H14N2O2/c1-11-10(13)12(2)8-4-6-9(14-3)7-5-8/h4-7H,1-3H3,(H,11,13)/p-1. The van der Waals surface area contributed by atoms with Gasteiger partial charge in [-0.3, -0.25) is 4.99 Å². The van der Waals surface area contributed by atoms with Gasteiger partial charge in [-0.15, -0.1) is 0 Å². The molecule has 0 amide bonds. The molecule has 1 aromatic carbocycles. The van der Waals surface area contributed by atoms with E-state index in [-0.39, 0.29) is 6.02 Å². The van der Waals surface area contributed by atoms with Gasteiger partial charge in [0.15, 0.2) is 0 Å². The third-order valence-electron chi connectivity index (χ3n) is 1.94. The Morgan fingerprint density at radius 3 is 2.36 bits per heavy atom. The molecule has 14 heavy (non-hydrogen) atoms. The summed E-state index contributed by atoms with van der Waals surface area (Å²) >= 11 is 0. The minimum Gasteiger partial charge on any atom is -0.846 e. The summed E-state index contributed by atoms with van der Waals surface area (Å²) in [4.78, 5) is 5.03. The Kier molecular flexibility index (Phi) is 3.34. The Hall–Kier alpha value is -1.71. The molecule has 0 fully saturated rings. The maximum absolute atomic E-state index is 11.2. The molecule has 0 saturated heterocycles. The van der Waals surface area contributed by atoms with Crippen molar-refractivity contribution in [3.05, 3.63) is 24.3 Å². The van der Waals surface area contributed by atoms with Crippen LogP contribution in [0.1, 0.15) is 0 Å². The van der Waals surface area contributed by atoms with Crippen LogP contribution in [0.15, 0.2) is 29.3 Å². The van der Waals surface area contributed by atoms with Crippen molar-refractivity contribution >= 4 is 11.7 Å². The van der Waals surface area contributed by atoms with Crippen LogP contribution in [0, 0.1) is 0 Å². The zero-order valence-corrected chi connectivity index (χ0v) is 8.52. The third kappa shape index (κ3) is 2.16. The van der Waals surface area contributed by atoms with Gasteiger partial charge in [-0.2, -0.15) is 0 Å². The Bertz CT molecular complexity index is 319. The molecule has 0 atom stereocenters. The molecule has 76 valence electrons. The quantitative estimate of drug-likeness (QED) is 0.507. The topological polar surface area (TPSA) is 47.9 Å². The van der Waals surface area contributed by atoms with Gasteiger partial charge in [-0.1, -0.05) is 0 Å². The van der Waals surface area contributed by atoms with E-state index in [1.165, 1.54) is 11.9 Å². The number of nitrogens with zero attached hydrogens (tertiary/aromatic N) is 2. The number of rotatable bonds is 2. The lowest BCUT2D eigenvalue weighted by Crippen LogP contribution is -2.36. The van der Waals surface area contributed by atoms with Crippen LogP contribution in [-0.4, -0.2) is 27.2 Å². The van der Waals surface area contributed by atoms with Crippen molar-refractivity contribution in [1.82, 2.24) is 0 Å². The monoisotopic (exact) mass is 193 g/mol. The summed E-state index contributed by atoms with van der Waals surface area (Å²) < 4.78 is 5.01. The number of amidine groups is 1. The minimum absolute atomic E-state index is 0.268. The number of aliphatic imine (C=N–C) groups is 1. The molecule has 0 aliphatic carbocycles. The average Bonchev–Trinajstić information content (AvgIpc) is 2.27. The fourth-order valence-corrected chi connectivity index (χ4v) is 1.07. The average molecular weight is 193 g/mol. The number of hydrogen-bond acceptors (Lipinski definition) is 3. The summed E-state index contributed by atoms with van der Waals surface area (Å²) in [7, 11) is 4.75. The molecular formula is C10H13N2O2-. The Morgan fingerprint density at radius 1 is 1.36 bits per heavy atom. The second-order valence-electron chi connectivity index (χ2n) is 2.76. The molecule has 0 unspecified atom stereocenters. The smallest absolute Gasteiger partial charge is 0.119 e. The molecule has 0 bridgehead atoms. The Balaban J connectivity index is 2.86. The van der Waals surface area contributed by atoms with Gasteiger partial charge in [0.1, 0.15) is 5.75 Å². The molecule has 1 aromatic rings. The summed E-state index contributed by atoms with van der Waals surface area (Å²) in [5, 5.41) is 11.2. The maximum Gasteiger partial charge on any atom is 0.119 e. The molecule has 4 heteroatoms. The van der Waals surface area contributed by atoms with Gasteiger partial charge < -0.3 is 14.7 Å². The number of benzene rings is 1. The van der Waals surface area contributed by atoms with Crippen molar-refractivity contribution in [3.63, 3.8) is 0 Å². The minimum atomic E-state index is -0.268. The van der Waals surface area contributed by atoms with Crippen molar-refractivity contribution in [2.45, 2.75) is 0 Å². The molecule has 0 aliphatic rings. The molecular weight excluding hydrogens is 180 g/mol. The number of hydrogen-bond donors (Lipinski definition) is 0. The van der Waals surface area contributed by atoms with Crippen molar-refractivity contribution in [1.29, 1.82) is 0 Å². The van der Waals surface area contributed by atoms with Crippen LogP contribution in [0.4, 0.5) is 5.69 Å². The Morgan fingerprint density at radius 2 is 1.93 bits per heavy atom. The molecule has 1 rings (SSSR count). The summed E-state index contributed by atoms with van der Waals surface area (Å²) in [6, 6.07) is 6.95. The lowest BCUT2D eigenvalue weighted by Gasteiger charge is -2.24. The lowest BCUT2D eigenvalue weighted by molar-refractivity contribution is -0.217. The van der Waals surface area contributed by atoms with Crippen LogP contribution in [0.2, 0.25) is 0 Å². The molecule has 0 saturated carbocycles. The molecule has 0 heterocycles. The highest BCUT2D eigenvalue weighted by Gasteiger charge is 1.99. The summed E-state index contributed by atoms with van der Waals surface area (Å²) in [5.74, 6) is 0.767. The molecule has 4 nitrogen and oxygen atoms in total. The van der Waals surface area contributed by atoms with E-state index in [1.807, 2.05) is 12.1 Å². The van der Waals surface area contributed by atoms with E-state index >= 15 is 0 Å². The predicted molar refractivity (Wildman–Crippen MR) is 54.8 cm³/mol. The largest absolute Gasteiger partial charge is 0.846 e. The number of ether oxygens (including phenoxy) is 1. The van der Waals surface area contributed by atoms with Gasteiger partial charge >= 0.3 is 0 Å². The van der Waals surface area contributed by atoms with Crippen molar-refractivity contribution < 1.29 is 9.84 Å². The van der Waals surface area contributed by atoms with E-state index in [9.17, 15) is 5.11 Å². The first-order chi connectivity index (χ1) is 6.69. The maximum atomic E-state index is 11.2. The van der Waals surface area contributed by atoms with Crippen LogP contribution < -0.4 is 14.7 Å². The van der Waals surface area contributed by atoms with Crippen LogP contribution in [0.3, 0.4) is 0 Å². The van der Waals surface area contributed by atoms with Crippen molar-refractivity contribution in [3.8, 4) is 5.75 Å². The molecule has 0 radical (unpaired) electrons. The van der Waals surface area contributed by atoms with Crippen LogP contribution in [0.25, 0.3) is 0 Å². The second kappa shape index (κ2) is 4.50. The van der Waals surface area contributed by atoms with E-state index in [0.29, 0.717) is 0 Å². The Labute approximate surface area is 83.5 Å². The van der Waals surface area contributed by atoms with E-state index < -0.39 is 0 Å². The van der Waals surface area contributed by atoms with E-state index in [4.69, 9.17) is 4.74 Å². The number of methoxy groups -OCH3 is 1. The van der Waals surface area contributed by atoms with Crippen molar-refractivity contribution in [2.75, 3.05) is 26.1 Å². The SMILES string of the molecule is CN=C([O-])N(C)c1ccc(OC)cc1. The second-order valence-corrected chi connectivity index (χ2v) is 2.76. The zero-order valence-electron chi connectivity index (χ0n) is 8.52. The third-order valence-corrected chi connectivity index (χ3v) is 1.94. The highest BCUT2D eigenvalue weighted by molar-refractivity contribution is 5.87. The van der Waals surface area contributed by atoms with Crippen LogP contribution >= 0.6 is 0 Å². The van der Waals surface area contributed by atoms with E-state index in [2.05, 4.69) is 4.99 Å². The first kappa shape index (κ1) is 10.4. The van der Waals surface area contributed by atoms with Gasteiger partial charge in [0.05, 0.1) is 13.1 Å². The van der Waals surface area contributed by atoms with E-state index in [1.54, 1.807) is 26.3 Å². The van der Waals surface area contributed by atoms with Crippen molar-refractivity contribution in [2.24, 2.45) is 4.99 Å². The molecule has 0 aromatic heterocycles. The summed E-state index contributed by atoms with van der Waals surface area (Å²) in [6.45, 7) is 0. The summed E-state index contributed by atoms with van der Waals surface area (Å²) in [5.41, 5.74) is 0.793. The van der Waals surface area contributed by atoms with Gasteiger partial charge in [0, 0.05) is 19.8 Å². The van der Waals surface area contributed by atoms with Gasteiger partial charge in [-0.05, 0) is 24.3 Å². The highest BCUT2D eigenvalue weighted by Crippen LogP contribution is 2.17. The van der Waals surface area contributed by atoms with E-state index in [0.717, 1.165) is 11.4 Å². The molecule has 0 N–H and O–H groups in total. The lowest BCUT2D eigenvalue weighted by atomic mass is 10.3. The first-order valence-corrected chi connectivity index (χ1v) is 4.20. The molecule has 0 aliphatic heterocycles. The summed E-state index contributed by atoms with van der Waals surface area (Å²) in [6.07, 6.45) is 0. The zero-order chi connectivity index (χ0) is 10.6. The van der Waals surface area contributed by atoms with Gasteiger partial charge in [-0.25, -0.2) is 0 Å². The molecule has 0 spiro atoms. The predicted octanol–water partition coefficient (Wildman–Crippen LogP) is 0.477. The van der Waals surface area contributed by atoms with Gasteiger partial charge in [0.2, 0.25) is 0 Å². The fraction of sp³-hybridized carbons (Fsp3) is 0.300. The first-order valence-electron chi connectivity index (χ1n) is 4.20. The number of anilines is 1. The van der Waals surface area contributed by atoms with Gasteiger partial charge in [0.25, 0.3) is 0 Å². The van der Waals surface area contributed by atoms with Crippen LogP contribution in [0.5, 0.6) is 5.75 Å². The normalized spacial score (nSPS) is 11.2.